The zero-order chi connectivity index (χ0) is 23.4. The smallest absolute Gasteiger partial charge is 0.389 e. The highest BCUT2D eigenvalue weighted by atomic mass is 35.5. The molecule has 0 amide bonds. The third-order valence-electron chi connectivity index (χ3n) is 6.57. The van der Waals surface area contributed by atoms with E-state index in [-0.39, 0.29) is 0 Å². The average Bonchev–Trinajstić information content (AvgIpc) is 3.46. The summed E-state index contributed by atoms with van der Waals surface area (Å²) < 4.78 is 46.0. The van der Waals surface area contributed by atoms with Crippen molar-refractivity contribution in [3.63, 3.8) is 0 Å². The number of fused-ring (bicyclic) bond motifs is 1. The molecule has 3 aromatic rings. The van der Waals surface area contributed by atoms with E-state index in [9.17, 15) is 18.3 Å². The Morgan fingerprint density at radius 3 is 2.61 bits per heavy atom. The number of hydrogen-bond acceptors (Lipinski definition) is 6. The van der Waals surface area contributed by atoms with Crippen molar-refractivity contribution in [2.24, 2.45) is 0 Å². The summed E-state index contributed by atoms with van der Waals surface area (Å²) in [4.78, 5) is 4.43. The highest BCUT2D eigenvalue weighted by Gasteiger charge is 2.44. The molecular weight excluding hydrogens is 461 g/mol. The topological polar surface area (TPSA) is 71.6 Å². The summed E-state index contributed by atoms with van der Waals surface area (Å²) >= 11 is 6.59. The molecule has 8 nitrogen and oxygen atoms in total. The maximum Gasteiger partial charge on any atom is 0.408 e. The number of nitrogens with zero attached hydrogens (tertiary/aromatic N) is 6. The first-order chi connectivity index (χ1) is 15.6. The molecule has 12 heteroatoms. The van der Waals surface area contributed by atoms with Crippen molar-refractivity contribution in [2.75, 3.05) is 44.3 Å². The number of ether oxygens (including phenoxy) is 1. The first-order valence-electron chi connectivity index (χ1n) is 10.7. The van der Waals surface area contributed by atoms with Gasteiger partial charge in [0, 0.05) is 31.6 Å². The van der Waals surface area contributed by atoms with E-state index in [1.807, 2.05) is 19.1 Å². The second-order valence-electron chi connectivity index (χ2n) is 8.79. The van der Waals surface area contributed by atoms with Crippen LogP contribution in [0.1, 0.15) is 6.92 Å². The number of anilines is 1. The summed E-state index contributed by atoms with van der Waals surface area (Å²) in [6, 6.07) is 3.73. The van der Waals surface area contributed by atoms with E-state index in [1.54, 1.807) is 10.9 Å². The second kappa shape index (κ2) is 8.15. The van der Waals surface area contributed by atoms with E-state index in [0.29, 0.717) is 37.0 Å². The molecular formula is C21H24ClF3N6O2. The van der Waals surface area contributed by atoms with Crippen LogP contribution in [-0.2, 0) is 11.3 Å². The van der Waals surface area contributed by atoms with Gasteiger partial charge in [-0.1, -0.05) is 11.6 Å². The van der Waals surface area contributed by atoms with Crippen LogP contribution in [0.15, 0.2) is 30.7 Å². The van der Waals surface area contributed by atoms with Crippen molar-refractivity contribution >= 4 is 28.2 Å². The molecule has 4 heterocycles. The highest BCUT2D eigenvalue weighted by molar-refractivity contribution is 6.34. The second-order valence-corrected chi connectivity index (χ2v) is 9.20. The van der Waals surface area contributed by atoms with Crippen LogP contribution >= 0.6 is 11.6 Å². The van der Waals surface area contributed by atoms with E-state index in [0.717, 1.165) is 34.4 Å². The molecule has 0 aliphatic carbocycles. The monoisotopic (exact) mass is 484 g/mol. The fourth-order valence-electron chi connectivity index (χ4n) is 4.63. The lowest BCUT2D eigenvalue weighted by Gasteiger charge is -2.45. The number of aliphatic hydroxyl groups excluding tert-OH is 1. The quantitative estimate of drug-likeness (QED) is 0.614. The van der Waals surface area contributed by atoms with E-state index >= 15 is 0 Å². The minimum atomic E-state index is -4.35. The predicted octanol–water partition coefficient (Wildman–Crippen LogP) is 2.71. The Kier molecular flexibility index (Phi) is 5.55. The number of benzene rings is 1. The maximum atomic E-state index is 12.7. The molecule has 1 N–H and O–H groups in total. The number of aromatic nitrogens is 4. The van der Waals surface area contributed by atoms with Crippen molar-refractivity contribution in [1.29, 1.82) is 0 Å². The lowest BCUT2D eigenvalue weighted by atomic mass is 9.95. The molecule has 2 aliphatic heterocycles. The van der Waals surface area contributed by atoms with Crippen LogP contribution in [0.4, 0.5) is 18.9 Å². The van der Waals surface area contributed by atoms with Gasteiger partial charge in [-0.3, -0.25) is 9.58 Å². The summed E-state index contributed by atoms with van der Waals surface area (Å²) in [6.07, 6.45) is -0.553. The Bertz CT molecular complexity index is 1160. The molecule has 0 bridgehead atoms. The van der Waals surface area contributed by atoms with Crippen LogP contribution in [-0.4, -0.2) is 86.8 Å². The maximum absolute atomic E-state index is 12.7. The minimum absolute atomic E-state index is 0.350. The summed E-state index contributed by atoms with van der Waals surface area (Å²) in [7, 11) is 0. The molecule has 0 spiro atoms. The number of hydrogen-bond donors (Lipinski definition) is 1. The van der Waals surface area contributed by atoms with E-state index in [1.165, 1.54) is 12.4 Å². The van der Waals surface area contributed by atoms with Gasteiger partial charge in [0.15, 0.2) is 0 Å². The van der Waals surface area contributed by atoms with Gasteiger partial charge >= 0.3 is 6.18 Å². The normalized spacial score (nSPS) is 24.8. The molecule has 0 radical (unpaired) electrons. The molecule has 178 valence electrons. The van der Waals surface area contributed by atoms with Crippen molar-refractivity contribution in [3.05, 3.63) is 35.7 Å². The van der Waals surface area contributed by atoms with Crippen LogP contribution in [0.25, 0.3) is 16.6 Å². The fraction of sp³-hybridized carbons (Fsp3) is 0.524. The Hall–Kier alpha value is -2.34. The van der Waals surface area contributed by atoms with Gasteiger partial charge in [0.25, 0.3) is 0 Å². The molecule has 33 heavy (non-hydrogen) atoms. The Morgan fingerprint density at radius 2 is 1.94 bits per heavy atom. The number of alkyl halides is 3. The van der Waals surface area contributed by atoms with Gasteiger partial charge in [-0.2, -0.15) is 23.4 Å². The van der Waals surface area contributed by atoms with Gasteiger partial charge in [-0.25, -0.2) is 4.68 Å². The largest absolute Gasteiger partial charge is 0.408 e. The molecule has 2 atom stereocenters. The first kappa shape index (κ1) is 22.5. The van der Waals surface area contributed by atoms with Crippen LogP contribution in [0.2, 0.25) is 5.02 Å². The van der Waals surface area contributed by atoms with Crippen molar-refractivity contribution in [2.45, 2.75) is 31.3 Å². The number of rotatable bonds is 4. The minimum Gasteiger partial charge on any atom is -0.389 e. The zero-order valence-corrected chi connectivity index (χ0v) is 18.7. The first-order valence-corrected chi connectivity index (χ1v) is 11.0. The lowest BCUT2D eigenvalue weighted by molar-refractivity contribution is -0.142. The predicted molar refractivity (Wildman–Crippen MR) is 117 cm³/mol. The molecule has 1 aromatic carbocycles. The van der Waals surface area contributed by atoms with Gasteiger partial charge in [-0.15, -0.1) is 0 Å². The molecule has 2 unspecified atom stereocenters. The summed E-state index contributed by atoms with van der Waals surface area (Å²) in [5.74, 6) is 0. The van der Waals surface area contributed by atoms with E-state index in [4.69, 9.17) is 16.3 Å². The Morgan fingerprint density at radius 1 is 1.18 bits per heavy atom. The Balaban J connectivity index is 1.39. The zero-order valence-electron chi connectivity index (χ0n) is 18.0. The van der Waals surface area contributed by atoms with E-state index < -0.39 is 24.4 Å². The molecule has 2 fully saturated rings. The number of aliphatic hydroxyl groups is 1. The van der Waals surface area contributed by atoms with Crippen molar-refractivity contribution in [3.8, 4) is 5.69 Å². The van der Waals surface area contributed by atoms with Crippen LogP contribution in [0, 0.1) is 0 Å². The lowest BCUT2D eigenvalue weighted by Crippen LogP contribution is -2.60. The fourth-order valence-corrected chi connectivity index (χ4v) is 4.92. The van der Waals surface area contributed by atoms with Gasteiger partial charge in [-0.05, 0) is 19.1 Å². The standard InChI is InChI=1S/C21H24ClF3N6O2/c1-20(13-33-11-19(20)32)29-4-2-28(3-5-29)18-7-17-14(6-16(18)22)8-27-31(17)15-9-26-30(10-15)12-21(23,24)25/h6-10,19,32H,2-5,11-13H2,1H3. The molecule has 2 saturated heterocycles. The summed E-state index contributed by atoms with van der Waals surface area (Å²) in [6.45, 7) is 4.63. The SMILES string of the molecule is CC1(N2CCN(c3cc4c(cnn4-c4cnn(CC(F)(F)F)c4)cc3Cl)CC2)COCC1O. The van der Waals surface area contributed by atoms with E-state index in [2.05, 4.69) is 20.0 Å². The molecule has 2 aromatic heterocycles. The molecule has 5 rings (SSSR count). The summed E-state index contributed by atoms with van der Waals surface area (Å²) in [5, 5.41) is 19.9. The van der Waals surface area contributed by atoms with Crippen LogP contribution in [0.3, 0.4) is 0 Å². The Labute approximate surface area is 193 Å². The summed E-state index contributed by atoms with van der Waals surface area (Å²) in [5.41, 5.74) is 1.61. The van der Waals surface area contributed by atoms with Crippen LogP contribution in [0.5, 0.6) is 0 Å². The number of piperazine rings is 1. The van der Waals surface area contributed by atoms with Gasteiger partial charge in [0.2, 0.25) is 0 Å². The molecule has 0 saturated carbocycles. The van der Waals surface area contributed by atoms with Crippen molar-refractivity contribution in [1.82, 2.24) is 24.5 Å². The third kappa shape index (κ3) is 4.18. The third-order valence-corrected chi connectivity index (χ3v) is 6.88. The van der Waals surface area contributed by atoms with Gasteiger partial charge in [0.1, 0.15) is 12.2 Å². The highest BCUT2D eigenvalue weighted by Crippen LogP contribution is 2.34. The van der Waals surface area contributed by atoms with Crippen LogP contribution < -0.4 is 4.90 Å². The van der Waals surface area contributed by atoms with Crippen molar-refractivity contribution < 1.29 is 23.0 Å². The average molecular weight is 485 g/mol. The van der Waals surface area contributed by atoms with Gasteiger partial charge < -0.3 is 14.7 Å². The number of halogens is 4. The molecule has 2 aliphatic rings. The van der Waals surface area contributed by atoms with Gasteiger partial charge in [0.05, 0.1) is 59.7 Å².